The lowest BCUT2D eigenvalue weighted by Gasteiger charge is -2.34. The molecule has 1 aromatic carbocycles. The lowest BCUT2D eigenvalue weighted by molar-refractivity contribution is 0.0538. The van der Waals surface area contributed by atoms with Crippen LogP contribution in [0.25, 0.3) is 0 Å². The highest BCUT2D eigenvalue weighted by molar-refractivity contribution is 7.89. The summed E-state index contributed by atoms with van der Waals surface area (Å²) in [5.74, 6) is -0.203. The minimum absolute atomic E-state index is 0.000889. The summed E-state index contributed by atoms with van der Waals surface area (Å²) < 4.78 is 27.9. The molecular weight excluding hydrogens is 458 g/mol. The molecule has 2 fully saturated rings. The third kappa shape index (κ3) is 5.15. The van der Waals surface area contributed by atoms with Gasteiger partial charge in [0.1, 0.15) is 0 Å². The number of hydrogen-bond acceptors (Lipinski definition) is 5. The molecule has 7 nitrogen and oxygen atoms in total. The number of aryl methyl sites for hydroxylation is 1. The number of carbonyl (C=O) groups excluding carboxylic acids is 2. The Balaban J connectivity index is 1.42. The average Bonchev–Trinajstić information content (AvgIpc) is 3.29. The van der Waals surface area contributed by atoms with Crippen molar-refractivity contribution in [1.29, 1.82) is 0 Å². The van der Waals surface area contributed by atoms with Crippen LogP contribution in [0.1, 0.15) is 57.0 Å². The number of amides is 2. The van der Waals surface area contributed by atoms with Gasteiger partial charge in [-0.05, 0) is 50.1 Å². The van der Waals surface area contributed by atoms with E-state index in [0.717, 1.165) is 37.0 Å². The average molecular weight is 490 g/mol. The van der Waals surface area contributed by atoms with Crippen molar-refractivity contribution in [1.82, 2.24) is 14.1 Å². The number of carbonyl (C=O) groups is 2. The van der Waals surface area contributed by atoms with E-state index in [1.165, 1.54) is 21.7 Å². The molecule has 2 amide bonds. The van der Waals surface area contributed by atoms with Crippen molar-refractivity contribution < 1.29 is 18.0 Å². The first-order valence-electron chi connectivity index (χ1n) is 11.5. The summed E-state index contributed by atoms with van der Waals surface area (Å²) in [5, 5.41) is 0. The smallest absolute Gasteiger partial charge is 0.264 e. The SMILES string of the molecule is Cc1ccc(C(=O)N2CCN(C(=O)c3cccc(S(=O)(=O)N(C)C4CCCCC4)c3)CC2)s1. The highest BCUT2D eigenvalue weighted by atomic mass is 32.2. The molecule has 1 aromatic heterocycles. The summed E-state index contributed by atoms with van der Waals surface area (Å²) in [6.45, 7) is 3.74. The first-order valence-corrected chi connectivity index (χ1v) is 13.8. The molecule has 0 bridgehead atoms. The van der Waals surface area contributed by atoms with Gasteiger partial charge in [-0.3, -0.25) is 9.59 Å². The van der Waals surface area contributed by atoms with E-state index < -0.39 is 10.0 Å². The normalized spacial score (nSPS) is 18.0. The molecule has 178 valence electrons. The minimum atomic E-state index is -3.66. The summed E-state index contributed by atoms with van der Waals surface area (Å²) >= 11 is 1.48. The fraction of sp³-hybridized carbons (Fsp3) is 0.500. The van der Waals surface area contributed by atoms with Gasteiger partial charge in [0.15, 0.2) is 0 Å². The largest absolute Gasteiger partial charge is 0.335 e. The molecule has 0 atom stereocenters. The number of piperazine rings is 1. The molecule has 1 saturated carbocycles. The van der Waals surface area contributed by atoms with E-state index in [4.69, 9.17) is 0 Å². The van der Waals surface area contributed by atoms with Gasteiger partial charge in [0, 0.05) is 49.7 Å². The second kappa shape index (κ2) is 9.95. The number of thiophene rings is 1. The lowest BCUT2D eigenvalue weighted by atomic mass is 9.96. The van der Waals surface area contributed by atoms with Crippen LogP contribution in [-0.4, -0.2) is 73.6 Å². The Morgan fingerprint density at radius 2 is 1.58 bits per heavy atom. The fourth-order valence-electron chi connectivity index (χ4n) is 4.60. The number of benzene rings is 1. The Kier molecular flexibility index (Phi) is 7.21. The first kappa shape index (κ1) is 23.9. The zero-order valence-electron chi connectivity index (χ0n) is 19.2. The molecule has 1 saturated heterocycles. The standard InChI is InChI=1S/C24H31N3O4S2/c1-18-11-12-22(32-18)24(29)27-15-13-26(14-16-27)23(28)19-7-6-10-21(17-19)33(30,31)25(2)20-8-4-3-5-9-20/h6-7,10-12,17,20H,3-5,8-9,13-16H2,1-2H3. The fourth-order valence-corrected chi connectivity index (χ4v) is 6.90. The number of nitrogens with zero attached hydrogens (tertiary/aromatic N) is 3. The third-order valence-electron chi connectivity index (χ3n) is 6.65. The molecule has 0 unspecified atom stereocenters. The molecule has 2 aliphatic rings. The molecule has 1 aliphatic carbocycles. The second-order valence-electron chi connectivity index (χ2n) is 8.84. The molecule has 0 spiro atoms. The van der Waals surface area contributed by atoms with Crippen molar-refractivity contribution in [2.45, 2.75) is 50.0 Å². The van der Waals surface area contributed by atoms with Crippen molar-refractivity contribution in [2.75, 3.05) is 33.2 Å². The monoisotopic (exact) mass is 489 g/mol. The van der Waals surface area contributed by atoms with Crippen molar-refractivity contribution in [2.24, 2.45) is 0 Å². The Morgan fingerprint density at radius 1 is 0.939 bits per heavy atom. The van der Waals surface area contributed by atoms with Crippen LogP contribution in [0.15, 0.2) is 41.3 Å². The maximum absolute atomic E-state index is 13.2. The Morgan fingerprint density at radius 3 is 2.18 bits per heavy atom. The lowest BCUT2D eigenvalue weighted by Crippen LogP contribution is -2.50. The topological polar surface area (TPSA) is 78.0 Å². The van der Waals surface area contributed by atoms with Crippen LogP contribution in [0.3, 0.4) is 0 Å². The Bertz CT molecular complexity index is 1110. The summed E-state index contributed by atoms with van der Waals surface area (Å²) in [6, 6.07) is 10.1. The van der Waals surface area contributed by atoms with Gasteiger partial charge in [-0.15, -0.1) is 11.3 Å². The molecule has 2 heterocycles. The van der Waals surface area contributed by atoms with Gasteiger partial charge >= 0.3 is 0 Å². The third-order valence-corrected chi connectivity index (χ3v) is 9.55. The summed E-state index contributed by atoms with van der Waals surface area (Å²) in [7, 11) is -2.02. The van der Waals surface area contributed by atoms with Crippen LogP contribution in [-0.2, 0) is 10.0 Å². The molecule has 4 rings (SSSR count). The summed E-state index contributed by atoms with van der Waals surface area (Å²) in [4.78, 5) is 31.2. The van der Waals surface area contributed by atoms with Crippen LogP contribution >= 0.6 is 11.3 Å². The number of rotatable bonds is 5. The van der Waals surface area contributed by atoms with Gasteiger partial charge < -0.3 is 9.80 Å². The highest BCUT2D eigenvalue weighted by Crippen LogP contribution is 2.27. The number of sulfonamides is 1. The molecule has 33 heavy (non-hydrogen) atoms. The zero-order valence-corrected chi connectivity index (χ0v) is 20.8. The van der Waals surface area contributed by atoms with E-state index >= 15 is 0 Å². The molecular formula is C24H31N3O4S2. The van der Waals surface area contributed by atoms with Gasteiger partial charge in [-0.25, -0.2) is 8.42 Å². The minimum Gasteiger partial charge on any atom is -0.335 e. The van der Waals surface area contributed by atoms with Gasteiger partial charge in [0.05, 0.1) is 9.77 Å². The van der Waals surface area contributed by atoms with Crippen LogP contribution in [0, 0.1) is 6.92 Å². The zero-order chi connectivity index (χ0) is 23.6. The Labute approximate surface area is 200 Å². The van der Waals surface area contributed by atoms with Gasteiger partial charge in [0.2, 0.25) is 10.0 Å². The molecule has 1 aliphatic heterocycles. The quantitative estimate of drug-likeness (QED) is 0.643. The second-order valence-corrected chi connectivity index (χ2v) is 12.1. The summed E-state index contributed by atoms with van der Waals surface area (Å²) in [6.07, 6.45) is 5.00. The van der Waals surface area contributed by atoms with Crippen LogP contribution < -0.4 is 0 Å². The van der Waals surface area contributed by atoms with Gasteiger partial charge in [-0.1, -0.05) is 25.3 Å². The van der Waals surface area contributed by atoms with Crippen LogP contribution in [0.2, 0.25) is 0 Å². The van der Waals surface area contributed by atoms with Crippen molar-refractivity contribution >= 4 is 33.2 Å². The molecule has 0 N–H and O–H groups in total. The highest BCUT2D eigenvalue weighted by Gasteiger charge is 2.31. The Hall–Kier alpha value is -2.23. The number of hydrogen-bond donors (Lipinski definition) is 0. The summed E-state index contributed by atoms with van der Waals surface area (Å²) in [5.41, 5.74) is 0.363. The van der Waals surface area contributed by atoms with E-state index in [-0.39, 0.29) is 22.8 Å². The molecule has 9 heteroatoms. The van der Waals surface area contributed by atoms with Crippen LogP contribution in [0.4, 0.5) is 0 Å². The van der Waals surface area contributed by atoms with E-state index in [9.17, 15) is 18.0 Å². The predicted octanol–water partition coefficient (Wildman–Crippen LogP) is 3.61. The van der Waals surface area contributed by atoms with Gasteiger partial charge in [0.25, 0.3) is 11.8 Å². The van der Waals surface area contributed by atoms with Gasteiger partial charge in [-0.2, -0.15) is 4.31 Å². The maximum atomic E-state index is 13.2. The van der Waals surface area contributed by atoms with Crippen molar-refractivity contribution in [3.05, 3.63) is 51.7 Å². The van der Waals surface area contributed by atoms with Crippen molar-refractivity contribution in [3.63, 3.8) is 0 Å². The molecule has 0 radical (unpaired) electrons. The predicted molar refractivity (Wildman–Crippen MR) is 129 cm³/mol. The maximum Gasteiger partial charge on any atom is 0.264 e. The van der Waals surface area contributed by atoms with E-state index in [2.05, 4.69) is 0 Å². The van der Waals surface area contributed by atoms with E-state index in [1.54, 1.807) is 35.0 Å². The van der Waals surface area contributed by atoms with Crippen LogP contribution in [0.5, 0.6) is 0 Å². The van der Waals surface area contributed by atoms with E-state index in [1.807, 2.05) is 19.1 Å². The van der Waals surface area contributed by atoms with Crippen molar-refractivity contribution in [3.8, 4) is 0 Å². The first-order chi connectivity index (χ1) is 15.8. The van der Waals surface area contributed by atoms with E-state index in [0.29, 0.717) is 36.6 Å². The molecule has 2 aromatic rings.